The van der Waals surface area contributed by atoms with Gasteiger partial charge in [0.05, 0.1) is 0 Å². The average molecular weight is 241 g/mol. The molecule has 0 aliphatic carbocycles. The lowest BCUT2D eigenvalue weighted by molar-refractivity contribution is -0.152. The molecule has 1 aliphatic heterocycles. The molecule has 0 aromatic heterocycles. The quantitative estimate of drug-likeness (QED) is 0.837. The van der Waals surface area contributed by atoms with Gasteiger partial charge in [0.15, 0.2) is 17.1 Å². The normalized spacial score (nSPS) is 12.8. The number of ether oxygens (including phenoxy) is 3. The standard InChI is InChI=1S/C11H12O5.H3N/c1-11(2,10(12)13)16-7-3-4-8-9(5-7)15-6-14-8;/h3-5H,6H2,1-2H3,(H,12,13);1H3. The minimum absolute atomic E-state index is 0. The van der Waals surface area contributed by atoms with Gasteiger partial charge in [-0.25, -0.2) is 4.79 Å². The van der Waals surface area contributed by atoms with Crippen LogP contribution in [0.3, 0.4) is 0 Å². The van der Waals surface area contributed by atoms with Gasteiger partial charge in [0.25, 0.3) is 0 Å². The highest BCUT2D eigenvalue weighted by molar-refractivity contribution is 5.76. The molecule has 0 radical (unpaired) electrons. The van der Waals surface area contributed by atoms with Crippen molar-refractivity contribution in [3.8, 4) is 17.2 Å². The number of fused-ring (bicyclic) bond motifs is 1. The number of aliphatic carboxylic acids is 1. The van der Waals surface area contributed by atoms with Crippen LogP contribution < -0.4 is 20.4 Å². The van der Waals surface area contributed by atoms with Crippen molar-refractivity contribution in [1.82, 2.24) is 6.15 Å². The summed E-state index contributed by atoms with van der Waals surface area (Å²) in [6, 6.07) is 4.96. The molecule has 0 spiro atoms. The van der Waals surface area contributed by atoms with Crippen LogP contribution in [0.4, 0.5) is 0 Å². The number of rotatable bonds is 3. The molecule has 6 nitrogen and oxygen atoms in total. The number of benzene rings is 1. The Kier molecular flexibility index (Phi) is 3.47. The van der Waals surface area contributed by atoms with E-state index in [1.807, 2.05) is 0 Å². The summed E-state index contributed by atoms with van der Waals surface area (Å²) in [6.45, 7) is 3.15. The molecular formula is C11H15NO5. The molecule has 0 bridgehead atoms. The van der Waals surface area contributed by atoms with Crippen LogP contribution in [-0.2, 0) is 4.79 Å². The second kappa shape index (κ2) is 4.50. The average Bonchev–Trinajstić information content (AvgIpc) is 2.63. The van der Waals surface area contributed by atoms with Crippen LogP contribution in [0.15, 0.2) is 18.2 Å². The number of hydrogen-bond acceptors (Lipinski definition) is 5. The molecule has 0 saturated carbocycles. The first kappa shape index (κ1) is 13.1. The first-order chi connectivity index (χ1) is 7.49. The van der Waals surface area contributed by atoms with Crippen molar-refractivity contribution in [3.63, 3.8) is 0 Å². The van der Waals surface area contributed by atoms with Gasteiger partial charge in [0.2, 0.25) is 6.79 Å². The molecule has 2 rings (SSSR count). The van der Waals surface area contributed by atoms with Gasteiger partial charge >= 0.3 is 5.97 Å². The lowest BCUT2D eigenvalue weighted by Crippen LogP contribution is -2.37. The SMILES string of the molecule is CC(C)(Oc1ccc2c(c1)OCO2)C(=O)O.N. The van der Waals surface area contributed by atoms with Gasteiger partial charge in [0.1, 0.15) is 5.75 Å². The molecule has 1 aromatic carbocycles. The molecule has 4 N–H and O–H groups in total. The van der Waals surface area contributed by atoms with Gasteiger partial charge < -0.3 is 25.5 Å². The molecule has 94 valence electrons. The van der Waals surface area contributed by atoms with E-state index in [4.69, 9.17) is 19.3 Å². The van der Waals surface area contributed by atoms with Crippen LogP contribution in [0, 0.1) is 0 Å². The highest BCUT2D eigenvalue weighted by Crippen LogP contribution is 2.36. The van der Waals surface area contributed by atoms with E-state index in [0.717, 1.165) is 0 Å². The summed E-state index contributed by atoms with van der Waals surface area (Å²) in [6.07, 6.45) is 0. The fourth-order valence-corrected chi connectivity index (χ4v) is 1.28. The van der Waals surface area contributed by atoms with Crippen molar-refractivity contribution in [3.05, 3.63) is 18.2 Å². The van der Waals surface area contributed by atoms with Crippen LogP contribution in [0.1, 0.15) is 13.8 Å². The smallest absolute Gasteiger partial charge is 0.347 e. The van der Waals surface area contributed by atoms with E-state index in [-0.39, 0.29) is 12.9 Å². The Morgan fingerprint density at radius 1 is 1.35 bits per heavy atom. The molecule has 1 aromatic rings. The van der Waals surface area contributed by atoms with E-state index in [1.165, 1.54) is 13.8 Å². The number of carboxylic acids is 1. The Morgan fingerprint density at radius 3 is 2.65 bits per heavy atom. The zero-order valence-electron chi connectivity index (χ0n) is 9.73. The minimum atomic E-state index is -1.27. The molecule has 0 atom stereocenters. The predicted molar refractivity (Wildman–Crippen MR) is 59.9 cm³/mol. The van der Waals surface area contributed by atoms with Crippen LogP contribution in [0.5, 0.6) is 17.2 Å². The number of hydrogen-bond donors (Lipinski definition) is 2. The maximum Gasteiger partial charge on any atom is 0.347 e. The highest BCUT2D eigenvalue weighted by Gasteiger charge is 2.30. The lowest BCUT2D eigenvalue weighted by atomic mass is 10.1. The summed E-state index contributed by atoms with van der Waals surface area (Å²) in [5.41, 5.74) is -1.27. The van der Waals surface area contributed by atoms with Crippen molar-refractivity contribution in [1.29, 1.82) is 0 Å². The third kappa shape index (κ3) is 2.59. The summed E-state index contributed by atoms with van der Waals surface area (Å²) in [4.78, 5) is 10.9. The van der Waals surface area contributed by atoms with E-state index in [1.54, 1.807) is 18.2 Å². The van der Waals surface area contributed by atoms with Gasteiger partial charge in [-0.05, 0) is 26.0 Å². The van der Waals surface area contributed by atoms with Gasteiger partial charge in [0, 0.05) is 6.07 Å². The third-order valence-electron chi connectivity index (χ3n) is 2.23. The molecule has 17 heavy (non-hydrogen) atoms. The molecule has 0 unspecified atom stereocenters. The lowest BCUT2D eigenvalue weighted by Gasteiger charge is -2.21. The van der Waals surface area contributed by atoms with Gasteiger partial charge in [-0.3, -0.25) is 0 Å². The van der Waals surface area contributed by atoms with Gasteiger partial charge in [-0.2, -0.15) is 0 Å². The van der Waals surface area contributed by atoms with Gasteiger partial charge in [-0.1, -0.05) is 0 Å². The summed E-state index contributed by atoms with van der Waals surface area (Å²) in [5, 5.41) is 8.92. The van der Waals surface area contributed by atoms with Crippen molar-refractivity contribution in [2.45, 2.75) is 19.4 Å². The van der Waals surface area contributed by atoms with E-state index < -0.39 is 11.6 Å². The summed E-state index contributed by atoms with van der Waals surface area (Å²) >= 11 is 0. The van der Waals surface area contributed by atoms with E-state index >= 15 is 0 Å². The van der Waals surface area contributed by atoms with Crippen LogP contribution >= 0.6 is 0 Å². The molecule has 0 fully saturated rings. The topological polar surface area (TPSA) is 100.0 Å². The van der Waals surface area contributed by atoms with Gasteiger partial charge in [-0.15, -0.1) is 0 Å². The Hall–Kier alpha value is -1.95. The minimum Gasteiger partial charge on any atom is -0.478 e. The van der Waals surface area contributed by atoms with E-state index in [0.29, 0.717) is 17.2 Å². The number of carbonyl (C=O) groups is 1. The number of carboxylic acid groups (broad SMARTS) is 1. The molecular weight excluding hydrogens is 226 g/mol. The van der Waals surface area contributed by atoms with E-state index in [2.05, 4.69) is 0 Å². The van der Waals surface area contributed by atoms with Crippen molar-refractivity contribution >= 4 is 5.97 Å². The summed E-state index contributed by atoms with van der Waals surface area (Å²) in [5.74, 6) is 0.626. The van der Waals surface area contributed by atoms with E-state index in [9.17, 15) is 4.79 Å². The molecule has 1 aliphatic rings. The predicted octanol–water partition coefficient (Wildman–Crippen LogP) is 1.82. The fraction of sp³-hybridized carbons (Fsp3) is 0.364. The molecule has 0 saturated heterocycles. The van der Waals surface area contributed by atoms with Crippen molar-refractivity contribution < 1.29 is 24.1 Å². The molecule has 0 amide bonds. The van der Waals surface area contributed by atoms with Crippen LogP contribution in [-0.4, -0.2) is 23.5 Å². The highest BCUT2D eigenvalue weighted by atomic mass is 16.7. The molecule has 6 heteroatoms. The third-order valence-corrected chi connectivity index (χ3v) is 2.23. The van der Waals surface area contributed by atoms with Crippen molar-refractivity contribution in [2.24, 2.45) is 0 Å². The maximum atomic E-state index is 10.9. The Labute approximate surface area is 98.7 Å². The Bertz CT molecular complexity index is 430. The van der Waals surface area contributed by atoms with Crippen LogP contribution in [0.25, 0.3) is 0 Å². The largest absolute Gasteiger partial charge is 0.478 e. The second-order valence-electron chi connectivity index (χ2n) is 3.93. The van der Waals surface area contributed by atoms with Crippen LogP contribution in [0.2, 0.25) is 0 Å². The maximum absolute atomic E-state index is 10.9. The zero-order valence-corrected chi connectivity index (χ0v) is 9.73. The van der Waals surface area contributed by atoms with Crippen molar-refractivity contribution in [2.75, 3.05) is 6.79 Å². The Morgan fingerprint density at radius 2 is 2.00 bits per heavy atom. The summed E-state index contributed by atoms with van der Waals surface area (Å²) < 4.78 is 15.7. The first-order valence-electron chi connectivity index (χ1n) is 4.81. The zero-order chi connectivity index (χ0) is 11.8. The summed E-state index contributed by atoms with van der Waals surface area (Å²) in [7, 11) is 0. The monoisotopic (exact) mass is 241 g/mol. The Balaban J connectivity index is 0.00000144. The first-order valence-corrected chi connectivity index (χ1v) is 4.81. The second-order valence-corrected chi connectivity index (χ2v) is 3.93. The fourth-order valence-electron chi connectivity index (χ4n) is 1.28. The molecule has 1 heterocycles.